The Hall–Kier alpha value is -0.940. The van der Waals surface area contributed by atoms with Gasteiger partial charge in [0.25, 0.3) is 0 Å². The highest BCUT2D eigenvalue weighted by atomic mass is 79.9. The highest BCUT2D eigenvalue weighted by molar-refractivity contribution is 9.10. The van der Waals surface area contributed by atoms with Crippen molar-refractivity contribution in [3.8, 4) is 0 Å². The van der Waals surface area contributed by atoms with Crippen molar-refractivity contribution in [2.45, 2.75) is 25.7 Å². The first kappa shape index (κ1) is 15.4. The molecule has 0 aromatic heterocycles. The average molecular weight is 344 g/mol. The molecule has 0 saturated heterocycles. The molecule has 0 spiro atoms. The van der Waals surface area contributed by atoms with Gasteiger partial charge in [-0.3, -0.25) is 4.79 Å². The number of nitrogens with one attached hydrogen (secondary N) is 1. The summed E-state index contributed by atoms with van der Waals surface area (Å²) in [4.78, 5) is 11.6. The number of halogens is 2. The van der Waals surface area contributed by atoms with Gasteiger partial charge >= 0.3 is 0 Å². The lowest BCUT2D eigenvalue weighted by molar-refractivity contribution is -0.121. The Morgan fingerprint density at radius 2 is 2.20 bits per heavy atom. The van der Waals surface area contributed by atoms with Crippen molar-refractivity contribution in [1.82, 2.24) is 5.32 Å². The summed E-state index contributed by atoms with van der Waals surface area (Å²) in [5.74, 6) is 0.212. The molecule has 1 atom stereocenters. The number of rotatable bonds is 7. The molecule has 20 heavy (non-hydrogen) atoms. The molecule has 0 heterocycles. The number of hydrogen-bond donors (Lipinski definition) is 2. The SMILES string of the molecule is O=C(CC1CC1)NC[C@@H](CO)Cc1cc(F)cc(Br)c1. The highest BCUT2D eigenvalue weighted by Gasteiger charge is 2.24. The highest BCUT2D eigenvalue weighted by Crippen LogP contribution is 2.32. The zero-order valence-electron chi connectivity index (χ0n) is 11.2. The monoisotopic (exact) mass is 343 g/mol. The maximum Gasteiger partial charge on any atom is 0.220 e. The third-order valence-electron chi connectivity index (χ3n) is 3.46. The first-order valence-corrected chi connectivity index (χ1v) is 7.68. The van der Waals surface area contributed by atoms with Crippen molar-refractivity contribution in [3.05, 3.63) is 34.1 Å². The summed E-state index contributed by atoms with van der Waals surface area (Å²) in [5.41, 5.74) is 0.812. The van der Waals surface area contributed by atoms with Crippen LogP contribution in [0.15, 0.2) is 22.7 Å². The molecule has 1 aromatic rings. The van der Waals surface area contributed by atoms with Crippen LogP contribution in [0.1, 0.15) is 24.8 Å². The molecule has 1 aliphatic rings. The Morgan fingerprint density at radius 1 is 1.45 bits per heavy atom. The van der Waals surface area contributed by atoms with E-state index < -0.39 is 0 Å². The largest absolute Gasteiger partial charge is 0.396 e. The van der Waals surface area contributed by atoms with Crippen LogP contribution in [0.3, 0.4) is 0 Å². The van der Waals surface area contributed by atoms with Crippen molar-refractivity contribution < 1.29 is 14.3 Å². The van der Waals surface area contributed by atoms with E-state index in [1.54, 1.807) is 0 Å². The number of hydrogen-bond acceptors (Lipinski definition) is 2. The van der Waals surface area contributed by atoms with Gasteiger partial charge in [0, 0.05) is 30.0 Å². The van der Waals surface area contributed by atoms with E-state index in [-0.39, 0.29) is 24.2 Å². The number of aliphatic hydroxyl groups excluding tert-OH is 1. The smallest absolute Gasteiger partial charge is 0.220 e. The van der Waals surface area contributed by atoms with Gasteiger partial charge in [-0.25, -0.2) is 4.39 Å². The van der Waals surface area contributed by atoms with Gasteiger partial charge in [0.15, 0.2) is 0 Å². The summed E-state index contributed by atoms with van der Waals surface area (Å²) in [6, 6.07) is 4.69. The third-order valence-corrected chi connectivity index (χ3v) is 3.92. The maximum atomic E-state index is 13.3. The van der Waals surface area contributed by atoms with E-state index in [0.29, 0.717) is 29.8 Å². The van der Waals surface area contributed by atoms with E-state index in [1.807, 2.05) is 6.07 Å². The van der Waals surface area contributed by atoms with Crippen LogP contribution in [0.2, 0.25) is 0 Å². The molecular formula is C15H19BrFNO2. The van der Waals surface area contributed by atoms with Gasteiger partial charge in [0.1, 0.15) is 5.82 Å². The van der Waals surface area contributed by atoms with Gasteiger partial charge < -0.3 is 10.4 Å². The molecule has 0 bridgehead atoms. The van der Waals surface area contributed by atoms with E-state index >= 15 is 0 Å². The normalized spacial score (nSPS) is 15.9. The molecule has 1 fully saturated rings. The molecule has 2 rings (SSSR count). The Kier molecular flexibility index (Phi) is 5.54. The van der Waals surface area contributed by atoms with Crippen LogP contribution < -0.4 is 5.32 Å². The lowest BCUT2D eigenvalue weighted by atomic mass is 10.00. The molecule has 1 saturated carbocycles. The Labute approximate surface area is 126 Å². The molecule has 0 unspecified atom stereocenters. The molecule has 0 radical (unpaired) electrons. The first-order chi connectivity index (χ1) is 9.56. The van der Waals surface area contributed by atoms with Gasteiger partial charge in [-0.1, -0.05) is 15.9 Å². The fourth-order valence-corrected chi connectivity index (χ4v) is 2.69. The molecular weight excluding hydrogens is 325 g/mol. The van der Waals surface area contributed by atoms with E-state index in [1.165, 1.54) is 12.1 Å². The number of carbonyl (C=O) groups is 1. The summed E-state index contributed by atoms with van der Waals surface area (Å²) in [6.45, 7) is 0.397. The van der Waals surface area contributed by atoms with Crippen molar-refractivity contribution in [2.24, 2.45) is 11.8 Å². The molecule has 0 aliphatic heterocycles. The average Bonchev–Trinajstić information content (AvgIpc) is 3.17. The summed E-state index contributed by atoms with van der Waals surface area (Å²) in [5, 5.41) is 12.2. The van der Waals surface area contributed by atoms with Crippen LogP contribution in [0.5, 0.6) is 0 Å². The lowest BCUT2D eigenvalue weighted by Gasteiger charge is -2.15. The minimum absolute atomic E-state index is 0.0299. The Morgan fingerprint density at radius 3 is 2.80 bits per heavy atom. The number of benzene rings is 1. The molecule has 2 N–H and O–H groups in total. The van der Waals surface area contributed by atoms with Gasteiger partial charge in [0.05, 0.1) is 0 Å². The van der Waals surface area contributed by atoms with Crippen molar-refractivity contribution >= 4 is 21.8 Å². The van der Waals surface area contributed by atoms with Crippen LogP contribution in [0.25, 0.3) is 0 Å². The van der Waals surface area contributed by atoms with Gasteiger partial charge in [-0.05, 0) is 48.9 Å². The summed E-state index contributed by atoms with van der Waals surface area (Å²) >= 11 is 3.25. The zero-order chi connectivity index (χ0) is 14.5. The number of amides is 1. The molecule has 1 aromatic carbocycles. The Bertz CT molecular complexity index is 457. The first-order valence-electron chi connectivity index (χ1n) is 6.89. The van der Waals surface area contributed by atoms with Crippen LogP contribution in [-0.4, -0.2) is 24.2 Å². The molecule has 1 amide bonds. The van der Waals surface area contributed by atoms with Crippen molar-refractivity contribution in [3.63, 3.8) is 0 Å². The number of aliphatic hydroxyl groups is 1. The summed E-state index contributed by atoms with van der Waals surface area (Å²) in [7, 11) is 0. The number of carbonyl (C=O) groups excluding carboxylic acids is 1. The second kappa shape index (κ2) is 7.18. The predicted molar refractivity (Wildman–Crippen MR) is 78.7 cm³/mol. The van der Waals surface area contributed by atoms with Crippen LogP contribution in [0, 0.1) is 17.7 Å². The van der Waals surface area contributed by atoms with Crippen LogP contribution in [0.4, 0.5) is 4.39 Å². The Balaban J connectivity index is 1.82. The van der Waals surface area contributed by atoms with E-state index in [0.717, 1.165) is 18.4 Å². The lowest BCUT2D eigenvalue weighted by Crippen LogP contribution is -2.32. The van der Waals surface area contributed by atoms with Gasteiger partial charge in [0.2, 0.25) is 5.91 Å². The molecule has 3 nitrogen and oxygen atoms in total. The van der Waals surface area contributed by atoms with E-state index in [4.69, 9.17) is 0 Å². The van der Waals surface area contributed by atoms with Gasteiger partial charge in [-0.15, -0.1) is 0 Å². The standard InChI is InChI=1S/C15H19BrFNO2/c16-13-4-11(5-14(17)7-13)3-12(9-19)8-18-15(20)6-10-1-2-10/h4-5,7,10,12,19H,1-3,6,8-9H2,(H,18,20)/t12-/m0/s1. The van der Waals surface area contributed by atoms with Gasteiger partial charge in [-0.2, -0.15) is 0 Å². The topological polar surface area (TPSA) is 49.3 Å². The molecule has 110 valence electrons. The predicted octanol–water partition coefficient (Wildman–Crippen LogP) is 2.66. The zero-order valence-corrected chi connectivity index (χ0v) is 12.8. The quantitative estimate of drug-likeness (QED) is 0.799. The van der Waals surface area contributed by atoms with Crippen molar-refractivity contribution in [1.29, 1.82) is 0 Å². The van der Waals surface area contributed by atoms with Crippen LogP contribution in [-0.2, 0) is 11.2 Å². The summed E-state index contributed by atoms with van der Waals surface area (Å²) in [6.07, 6.45) is 3.42. The van der Waals surface area contributed by atoms with Crippen LogP contribution >= 0.6 is 15.9 Å². The third kappa shape index (κ3) is 5.21. The fraction of sp³-hybridized carbons (Fsp3) is 0.533. The minimum atomic E-state index is -0.302. The molecule has 1 aliphatic carbocycles. The van der Waals surface area contributed by atoms with E-state index in [2.05, 4.69) is 21.2 Å². The fourth-order valence-electron chi connectivity index (χ4n) is 2.18. The second-order valence-corrected chi connectivity index (χ2v) is 6.40. The minimum Gasteiger partial charge on any atom is -0.396 e. The van der Waals surface area contributed by atoms with E-state index in [9.17, 15) is 14.3 Å². The molecule has 5 heteroatoms. The maximum absolute atomic E-state index is 13.3. The second-order valence-electron chi connectivity index (χ2n) is 5.48. The van der Waals surface area contributed by atoms with Crippen molar-refractivity contribution in [2.75, 3.05) is 13.2 Å². The summed E-state index contributed by atoms with van der Waals surface area (Å²) < 4.78 is 14.0.